The van der Waals surface area contributed by atoms with E-state index in [9.17, 15) is 9.59 Å². The molecule has 0 aliphatic carbocycles. The predicted octanol–water partition coefficient (Wildman–Crippen LogP) is 2.41. The minimum atomic E-state index is -0.757. The van der Waals surface area contributed by atoms with Crippen LogP contribution in [0.5, 0.6) is 11.5 Å². The topological polar surface area (TPSA) is 92.3 Å². The van der Waals surface area contributed by atoms with Gasteiger partial charge in [-0.05, 0) is 49.8 Å². The van der Waals surface area contributed by atoms with Gasteiger partial charge < -0.3 is 18.6 Å². The number of furan rings is 1. The van der Waals surface area contributed by atoms with E-state index in [-0.39, 0.29) is 17.7 Å². The number of allylic oxidation sites excluding steroid dienone is 1. The largest absolute Gasteiger partial charge is 0.493 e. The maximum atomic E-state index is 13.4. The first-order valence-electron chi connectivity index (χ1n) is 9.93. The molecular formula is C23H22N2O6S. The summed E-state index contributed by atoms with van der Waals surface area (Å²) in [6.07, 6.45) is 3.27. The van der Waals surface area contributed by atoms with Crippen molar-refractivity contribution in [1.29, 1.82) is 0 Å². The van der Waals surface area contributed by atoms with Crippen LogP contribution in [-0.2, 0) is 9.53 Å². The lowest BCUT2D eigenvalue weighted by molar-refractivity contribution is -0.139. The van der Waals surface area contributed by atoms with Crippen LogP contribution in [0.1, 0.15) is 31.2 Å². The zero-order chi connectivity index (χ0) is 22.8. The normalized spacial score (nSPS) is 15.9. The number of aromatic nitrogens is 1. The van der Waals surface area contributed by atoms with E-state index in [0.717, 1.165) is 5.56 Å². The summed E-state index contributed by atoms with van der Waals surface area (Å²) < 4.78 is 23.4. The number of benzene rings is 1. The minimum absolute atomic E-state index is 0.213. The molecule has 4 rings (SSSR count). The second kappa shape index (κ2) is 8.88. The van der Waals surface area contributed by atoms with Gasteiger partial charge in [-0.25, -0.2) is 9.79 Å². The molecule has 2 aromatic heterocycles. The van der Waals surface area contributed by atoms with Gasteiger partial charge in [0.1, 0.15) is 11.8 Å². The van der Waals surface area contributed by atoms with Gasteiger partial charge in [-0.15, -0.1) is 0 Å². The molecule has 0 fully saturated rings. The molecule has 0 N–H and O–H groups in total. The lowest BCUT2D eigenvalue weighted by Gasteiger charge is -2.22. The van der Waals surface area contributed by atoms with Gasteiger partial charge in [0.15, 0.2) is 16.3 Å². The van der Waals surface area contributed by atoms with E-state index in [1.54, 1.807) is 58.4 Å². The van der Waals surface area contributed by atoms with E-state index in [0.29, 0.717) is 32.3 Å². The van der Waals surface area contributed by atoms with Gasteiger partial charge in [0.05, 0.1) is 42.9 Å². The molecular weight excluding hydrogens is 432 g/mol. The second-order valence-corrected chi connectivity index (χ2v) is 7.94. The molecule has 0 amide bonds. The van der Waals surface area contributed by atoms with E-state index < -0.39 is 12.0 Å². The highest BCUT2D eigenvalue weighted by Gasteiger charge is 2.35. The quantitative estimate of drug-likeness (QED) is 0.531. The van der Waals surface area contributed by atoms with Crippen molar-refractivity contribution in [2.45, 2.75) is 19.9 Å². The molecule has 0 spiro atoms. The molecule has 9 heteroatoms. The van der Waals surface area contributed by atoms with E-state index >= 15 is 0 Å². The Kier molecular flexibility index (Phi) is 6.00. The molecule has 3 aromatic rings. The Bertz CT molecular complexity index is 1360. The third-order valence-electron chi connectivity index (χ3n) is 5.04. The third-order valence-corrected chi connectivity index (χ3v) is 6.02. The number of carbonyl (C=O) groups excluding carboxylic acids is 1. The van der Waals surface area contributed by atoms with Crippen molar-refractivity contribution < 1.29 is 23.4 Å². The van der Waals surface area contributed by atoms with Gasteiger partial charge in [-0.3, -0.25) is 9.36 Å². The first-order valence-corrected chi connectivity index (χ1v) is 10.7. The standard InChI is InChI=1S/C23H22N2O6S/c1-5-30-22(27)19-13(2)24-23-25(20(19)16-7-6-10-31-16)21(26)18(32-23)12-14-8-9-15(28-3)17(11-14)29-4/h6-12,20H,5H2,1-4H3/b18-12+/t20-/m0/s1. The van der Waals surface area contributed by atoms with Gasteiger partial charge in [0, 0.05) is 0 Å². The van der Waals surface area contributed by atoms with Crippen molar-refractivity contribution in [2.75, 3.05) is 20.8 Å². The van der Waals surface area contributed by atoms with Crippen LogP contribution in [0.25, 0.3) is 6.08 Å². The van der Waals surface area contributed by atoms with Crippen molar-refractivity contribution >= 4 is 23.4 Å². The lowest BCUT2D eigenvalue weighted by Crippen LogP contribution is -2.39. The van der Waals surface area contributed by atoms with Gasteiger partial charge in [0.25, 0.3) is 5.56 Å². The molecule has 1 atom stereocenters. The van der Waals surface area contributed by atoms with Crippen molar-refractivity contribution in [1.82, 2.24) is 4.57 Å². The molecule has 0 radical (unpaired) electrons. The maximum Gasteiger partial charge on any atom is 0.338 e. The van der Waals surface area contributed by atoms with Crippen LogP contribution >= 0.6 is 11.3 Å². The maximum absolute atomic E-state index is 13.4. The van der Waals surface area contributed by atoms with Crippen LogP contribution in [0.3, 0.4) is 0 Å². The summed E-state index contributed by atoms with van der Waals surface area (Å²) in [4.78, 5) is 31.2. The highest BCUT2D eigenvalue weighted by atomic mass is 32.1. The Morgan fingerprint density at radius 1 is 1.25 bits per heavy atom. The zero-order valence-corrected chi connectivity index (χ0v) is 18.9. The molecule has 0 saturated carbocycles. The number of ether oxygens (including phenoxy) is 3. The predicted molar refractivity (Wildman–Crippen MR) is 119 cm³/mol. The van der Waals surface area contributed by atoms with E-state index in [4.69, 9.17) is 18.6 Å². The molecule has 0 bridgehead atoms. The van der Waals surface area contributed by atoms with Crippen LogP contribution in [0.15, 0.2) is 62.1 Å². The molecule has 1 aliphatic rings. The van der Waals surface area contributed by atoms with Gasteiger partial charge in [-0.2, -0.15) is 0 Å². The number of thiazole rings is 1. The monoisotopic (exact) mass is 454 g/mol. The fraction of sp³-hybridized carbons (Fsp3) is 0.261. The average molecular weight is 455 g/mol. The molecule has 1 aromatic carbocycles. The Hall–Kier alpha value is -3.59. The van der Waals surface area contributed by atoms with Gasteiger partial charge >= 0.3 is 5.97 Å². The van der Waals surface area contributed by atoms with Crippen molar-refractivity contribution in [3.05, 3.63) is 78.9 Å². The number of carbonyl (C=O) groups is 1. The number of fused-ring (bicyclic) bond motifs is 1. The third kappa shape index (κ3) is 3.75. The Balaban J connectivity index is 1.90. The fourth-order valence-corrected chi connectivity index (χ4v) is 4.65. The molecule has 0 unspecified atom stereocenters. The summed E-state index contributed by atoms with van der Waals surface area (Å²) in [5.41, 5.74) is 1.26. The highest BCUT2D eigenvalue weighted by Crippen LogP contribution is 2.31. The number of hydrogen-bond acceptors (Lipinski definition) is 8. The first kappa shape index (κ1) is 21.6. The van der Waals surface area contributed by atoms with Crippen LogP contribution in [0.4, 0.5) is 0 Å². The fourth-order valence-electron chi connectivity index (χ4n) is 3.60. The Labute approximate surface area is 187 Å². The van der Waals surface area contributed by atoms with E-state index in [1.807, 2.05) is 6.07 Å². The number of hydrogen-bond donors (Lipinski definition) is 0. The summed E-state index contributed by atoms with van der Waals surface area (Å²) in [7, 11) is 3.12. The van der Waals surface area contributed by atoms with Gasteiger partial charge in [-0.1, -0.05) is 17.4 Å². The van der Waals surface area contributed by atoms with E-state index in [2.05, 4.69) is 4.99 Å². The number of esters is 1. The summed E-state index contributed by atoms with van der Waals surface area (Å²) in [5, 5.41) is 0. The average Bonchev–Trinajstić information content (AvgIpc) is 3.41. The number of rotatable bonds is 6. The first-order chi connectivity index (χ1) is 15.5. The smallest absolute Gasteiger partial charge is 0.338 e. The number of methoxy groups -OCH3 is 2. The highest BCUT2D eigenvalue weighted by molar-refractivity contribution is 7.07. The van der Waals surface area contributed by atoms with Crippen molar-refractivity contribution in [2.24, 2.45) is 4.99 Å². The summed E-state index contributed by atoms with van der Waals surface area (Å²) in [6.45, 7) is 3.67. The minimum Gasteiger partial charge on any atom is -0.493 e. The van der Waals surface area contributed by atoms with Crippen molar-refractivity contribution in [3.8, 4) is 11.5 Å². The van der Waals surface area contributed by atoms with Crippen LogP contribution < -0.4 is 24.4 Å². The summed E-state index contributed by atoms with van der Waals surface area (Å²) in [6, 6.07) is 8.08. The van der Waals surface area contributed by atoms with Gasteiger partial charge in [0.2, 0.25) is 0 Å². The van der Waals surface area contributed by atoms with E-state index in [1.165, 1.54) is 22.2 Å². The van der Waals surface area contributed by atoms with Crippen LogP contribution in [0.2, 0.25) is 0 Å². The molecule has 1 aliphatic heterocycles. The van der Waals surface area contributed by atoms with Crippen LogP contribution in [0, 0.1) is 0 Å². The lowest BCUT2D eigenvalue weighted by atomic mass is 10.0. The van der Waals surface area contributed by atoms with Crippen molar-refractivity contribution in [3.63, 3.8) is 0 Å². The molecule has 8 nitrogen and oxygen atoms in total. The molecule has 166 valence electrons. The number of nitrogens with zero attached hydrogens (tertiary/aromatic N) is 2. The molecule has 0 saturated heterocycles. The Morgan fingerprint density at radius 2 is 2.03 bits per heavy atom. The zero-order valence-electron chi connectivity index (χ0n) is 18.1. The Morgan fingerprint density at radius 3 is 2.69 bits per heavy atom. The molecule has 32 heavy (non-hydrogen) atoms. The molecule has 3 heterocycles. The second-order valence-electron chi connectivity index (χ2n) is 6.93. The SMILES string of the molecule is CCOC(=O)C1=C(C)N=c2s/c(=C/c3ccc(OC)c(OC)c3)c(=O)n2[C@H]1c1ccco1. The summed E-state index contributed by atoms with van der Waals surface area (Å²) in [5.74, 6) is 1.09. The van der Waals surface area contributed by atoms with Crippen LogP contribution in [-0.4, -0.2) is 31.4 Å². The summed E-state index contributed by atoms with van der Waals surface area (Å²) >= 11 is 1.24.